The maximum Gasteiger partial charge on any atom is 0.238 e. The van der Waals surface area contributed by atoms with E-state index in [1.54, 1.807) is 24.3 Å². The number of carbonyl (C=O) groups excluding carboxylic acids is 1. The number of nitrogens with two attached hydrogens (primary N) is 1. The molecule has 3 N–H and O–H groups in total. The lowest BCUT2D eigenvalue weighted by Crippen LogP contribution is -2.39. The minimum absolute atomic E-state index is 0.221. The number of nitrogens with zero attached hydrogens (tertiary/aromatic N) is 1. The SMILES string of the molecule is C#CCC(N)C(=O)NCc1ccc(C#N)cc1. The molecule has 17 heavy (non-hydrogen) atoms. The van der Waals surface area contributed by atoms with Gasteiger partial charge in [0.2, 0.25) is 5.91 Å². The number of hydrogen-bond donors (Lipinski definition) is 2. The smallest absolute Gasteiger partial charge is 0.238 e. The summed E-state index contributed by atoms with van der Waals surface area (Å²) in [5.41, 5.74) is 7.03. The van der Waals surface area contributed by atoms with E-state index in [9.17, 15) is 4.79 Å². The van der Waals surface area contributed by atoms with Crippen molar-refractivity contribution in [3.05, 3.63) is 35.4 Å². The first-order valence-corrected chi connectivity index (χ1v) is 5.13. The molecule has 86 valence electrons. The summed E-state index contributed by atoms with van der Waals surface area (Å²) in [4.78, 5) is 11.4. The van der Waals surface area contributed by atoms with Gasteiger partial charge in [-0.2, -0.15) is 5.26 Å². The maximum absolute atomic E-state index is 11.4. The molecule has 0 bridgehead atoms. The molecule has 0 saturated heterocycles. The van der Waals surface area contributed by atoms with E-state index in [1.807, 2.05) is 6.07 Å². The number of nitriles is 1. The van der Waals surface area contributed by atoms with Crippen LogP contribution in [0.3, 0.4) is 0 Å². The molecule has 0 aliphatic carbocycles. The molecule has 1 rings (SSSR count). The molecule has 4 heteroatoms. The Morgan fingerprint density at radius 3 is 2.65 bits per heavy atom. The lowest BCUT2D eigenvalue weighted by molar-refractivity contribution is -0.122. The predicted molar refractivity (Wildman–Crippen MR) is 64.4 cm³/mol. The Morgan fingerprint density at radius 2 is 2.12 bits per heavy atom. The second-order valence-electron chi connectivity index (χ2n) is 3.54. The molecule has 1 amide bonds. The highest BCUT2D eigenvalue weighted by Gasteiger charge is 2.10. The van der Waals surface area contributed by atoms with E-state index < -0.39 is 6.04 Å². The Kier molecular flexibility index (Phi) is 4.75. The summed E-state index contributed by atoms with van der Waals surface area (Å²) in [7, 11) is 0. The second-order valence-corrected chi connectivity index (χ2v) is 3.54. The second kappa shape index (κ2) is 6.32. The largest absolute Gasteiger partial charge is 0.351 e. The van der Waals surface area contributed by atoms with Crippen molar-refractivity contribution in [3.63, 3.8) is 0 Å². The van der Waals surface area contributed by atoms with Crippen LogP contribution >= 0.6 is 0 Å². The maximum atomic E-state index is 11.4. The van der Waals surface area contributed by atoms with E-state index in [4.69, 9.17) is 17.4 Å². The van der Waals surface area contributed by atoms with Gasteiger partial charge in [-0.1, -0.05) is 12.1 Å². The Balaban J connectivity index is 2.48. The topological polar surface area (TPSA) is 78.9 Å². The highest BCUT2D eigenvalue weighted by molar-refractivity contribution is 5.81. The molecule has 1 unspecified atom stereocenters. The number of benzene rings is 1. The van der Waals surface area contributed by atoms with Crippen LogP contribution in [-0.4, -0.2) is 11.9 Å². The van der Waals surface area contributed by atoms with E-state index in [0.29, 0.717) is 12.1 Å². The standard InChI is InChI=1S/C13H13N3O/c1-2-3-12(15)13(17)16-9-11-6-4-10(8-14)5-7-11/h1,4-7,12H,3,9,15H2,(H,16,17). The molecule has 0 saturated carbocycles. The third kappa shape index (κ3) is 3.98. The van der Waals surface area contributed by atoms with Crippen molar-refractivity contribution in [2.75, 3.05) is 0 Å². The molecular formula is C13H13N3O. The van der Waals surface area contributed by atoms with Gasteiger partial charge in [-0.05, 0) is 17.7 Å². The summed E-state index contributed by atoms with van der Waals surface area (Å²) in [6.07, 6.45) is 5.29. The van der Waals surface area contributed by atoms with Gasteiger partial charge in [0, 0.05) is 13.0 Å². The minimum Gasteiger partial charge on any atom is -0.351 e. The zero-order valence-corrected chi connectivity index (χ0v) is 9.31. The van der Waals surface area contributed by atoms with Crippen molar-refractivity contribution in [1.82, 2.24) is 5.32 Å². The van der Waals surface area contributed by atoms with Crippen LogP contribution in [0.4, 0.5) is 0 Å². The van der Waals surface area contributed by atoms with E-state index in [-0.39, 0.29) is 12.3 Å². The number of terminal acetylenes is 1. The lowest BCUT2D eigenvalue weighted by Gasteiger charge is -2.09. The number of amides is 1. The fraction of sp³-hybridized carbons (Fsp3) is 0.231. The average molecular weight is 227 g/mol. The monoisotopic (exact) mass is 227 g/mol. The first-order valence-electron chi connectivity index (χ1n) is 5.13. The summed E-state index contributed by atoms with van der Waals surface area (Å²) in [6.45, 7) is 0.378. The average Bonchev–Trinajstić information content (AvgIpc) is 2.36. The Labute approximate surface area is 100 Å². The summed E-state index contributed by atoms with van der Waals surface area (Å²) >= 11 is 0. The number of hydrogen-bond acceptors (Lipinski definition) is 3. The Hall–Kier alpha value is -2.30. The Morgan fingerprint density at radius 1 is 1.47 bits per heavy atom. The molecule has 0 radical (unpaired) electrons. The fourth-order valence-corrected chi connectivity index (χ4v) is 1.24. The van der Waals surface area contributed by atoms with Crippen LogP contribution in [-0.2, 0) is 11.3 Å². The highest BCUT2D eigenvalue weighted by atomic mass is 16.2. The van der Waals surface area contributed by atoms with Crippen LogP contribution in [0.2, 0.25) is 0 Å². The molecule has 1 atom stereocenters. The molecule has 1 aromatic carbocycles. The number of rotatable bonds is 4. The van der Waals surface area contributed by atoms with Gasteiger partial charge in [0.15, 0.2) is 0 Å². The van der Waals surface area contributed by atoms with Gasteiger partial charge in [0.05, 0.1) is 17.7 Å². The summed E-state index contributed by atoms with van der Waals surface area (Å²) in [6, 6.07) is 8.32. The van der Waals surface area contributed by atoms with Crippen molar-refractivity contribution in [3.8, 4) is 18.4 Å². The molecule has 1 aromatic rings. The molecule has 4 nitrogen and oxygen atoms in total. The molecule has 0 aliphatic heterocycles. The van der Waals surface area contributed by atoms with Gasteiger partial charge in [-0.25, -0.2) is 0 Å². The zero-order valence-electron chi connectivity index (χ0n) is 9.31. The highest BCUT2D eigenvalue weighted by Crippen LogP contribution is 2.02. The van der Waals surface area contributed by atoms with E-state index in [2.05, 4.69) is 11.2 Å². The minimum atomic E-state index is -0.668. The molecule has 0 heterocycles. The Bertz CT molecular complexity index is 465. The van der Waals surface area contributed by atoms with Gasteiger partial charge >= 0.3 is 0 Å². The fourth-order valence-electron chi connectivity index (χ4n) is 1.24. The first kappa shape index (κ1) is 12.8. The van der Waals surface area contributed by atoms with Crippen LogP contribution in [0.1, 0.15) is 17.5 Å². The molecule has 0 fully saturated rings. The van der Waals surface area contributed by atoms with E-state index in [1.165, 1.54) is 0 Å². The quantitative estimate of drug-likeness (QED) is 0.736. The van der Waals surface area contributed by atoms with Gasteiger partial charge in [0.25, 0.3) is 0 Å². The van der Waals surface area contributed by atoms with E-state index >= 15 is 0 Å². The molecule has 0 aliphatic rings. The zero-order chi connectivity index (χ0) is 12.7. The van der Waals surface area contributed by atoms with Crippen LogP contribution in [0.5, 0.6) is 0 Å². The van der Waals surface area contributed by atoms with E-state index in [0.717, 1.165) is 5.56 Å². The summed E-state index contributed by atoms with van der Waals surface area (Å²) < 4.78 is 0. The van der Waals surface area contributed by atoms with Crippen LogP contribution in [0.25, 0.3) is 0 Å². The van der Waals surface area contributed by atoms with Gasteiger partial charge in [0.1, 0.15) is 0 Å². The molecular weight excluding hydrogens is 214 g/mol. The predicted octanol–water partition coefficient (Wildman–Crippen LogP) is 0.525. The molecule has 0 aromatic heterocycles. The normalized spacial score (nSPS) is 11.0. The van der Waals surface area contributed by atoms with Gasteiger partial charge in [-0.15, -0.1) is 12.3 Å². The van der Waals surface area contributed by atoms with Crippen molar-refractivity contribution in [2.24, 2.45) is 5.73 Å². The lowest BCUT2D eigenvalue weighted by atomic mass is 10.1. The third-order valence-corrected chi connectivity index (χ3v) is 2.22. The number of carbonyl (C=O) groups is 1. The third-order valence-electron chi connectivity index (χ3n) is 2.22. The van der Waals surface area contributed by atoms with Gasteiger partial charge < -0.3 is 11.1 Å². The summed E-state index contributed by atoms with van der Waals surface area (Å²) in [5, 5.41) is 11.3. The van der Waals surface area contributed by atoms with Crippen LogP contribution < -0.4 is 11.1 Å². The van der Waals surface area contributed by atoms with Gasteiger partial charge in [-0.3, -0.25) is 4.79 Å². The summed E-state index contributed by atoms with van der Waals surface area (Å²) in [5.74, 6) is 2.07. The van der Waals surface area contributed by atoms with Crippen molar-refractivity contribution in [2.45, 2.75) is 19.0 Å². The van der Waals surface area contributed by atoms with Crippen LogP contribution in [0.15, 0.2) is 24.3 Å². The first-order chi connectivity index (χ1) is 8.17. The van der Waals surface area contributed by atoms with Crippen LogP contribution in [0, 0.1) is 23.7 Å². The van der Waals surface area contributed by atoms with Crippen molar-refractivity contribution < 1.29 is 4.79 Å². The molecule has 0 spiro atoms. The van der Waals surface area contributed by atoms with Crippen molar-refractivity contribution in [1.29, 1.82) is 5.26 Å². The van der Waals surface area contributed by atoms with Crippen molar-refractivity contribution >= 4 is 5.91 Å². The number of nitrogens with one attached hydrogen (secondary N) is 1.